The Balaban J connectivity index is 1.78. The molecule has 0 aliphatic heterocycles. The van der Waals surface area contributed by atoms with Crippen molar-refractivity contribution < 1.29 is 14.3 Å². The molecule has 0 atom stereocenters. The van der Waals surface area contributed by atoms with Gasteiger partial charge in [0.25, 0.3) is 5.91 Å². The summed E-state index contributed by atoms with van der Waals surface area (Å²) in [6.07, 6.45) is 4.92. The number of carbonyl (C=O) groups excluding carboxylic acids is 2. The Hall–Kier alpha value is -1.84. The second-order valence-electron chi connectivity index (χ2n) is 6.35. The van der Waals surface area contributed by atoms with E-state index in [9.17, 15) is 9.59 Å². The number of carbonyl (C=O) groups is 2. The van der Waals surface area contributed by atoms with Gasteiger partial charge in [0.1, 0.15) is 0 Å². The van der Waals surface area contributed by atoms with Crippen molar-refractivity contribution in [3.63, 3.8) is 0 Å². The first kappa shape index (κ1) is 16.5. The fourth-order valence-electron chi connectivity index (χ4n) is 2.63. The molecule has 0 unspecified atom stereocenters. The number of rotatable bonds is 6. The lowest BCUT2D eigenvalue weighted by Gasteiger charge is -2.16. The molecule has 1 N–H and O–H groups in total. The van der Waals surface area contributed by atoms with Gasteiger partial charge in [0, 0.05) is 6.54 Å². The monoisotopic (exact) mass is 303 g/mol. The Morgan fingerprint density at radius 3 is 2.64 bits per heavy atom. The SMILES string of the molecule is CC(C)CNC(=O)COC(=O)Cc1ccc2c(c1)CCCC2. The van der Waals surface area contributed by atoms with Gasteiger partial charge in [-0.05, 0) is 48.3 Å². The van der Waals surface area contributed by atoms with Gasteiger partial charge in [-0.3, -0.25) is 9.59 Å². The van der Waals surface area contributed by atoms with E-state index in [1.807, 2.05) is 19.9 Å². The number of nitrogens with one attached hydrogen (secondary N) is 1. The molecule has 0 spiro atoms. The van der Waals surface area contributed by atoms with E-state index in [0.717, 1.165) is 18.4 Å². The summed E-state index contributed by atoms with van der Waals surface area (Å²) in [5, 5.41) is 2.73. The third-order valence-corrected chi connectivity index (χ3v) is 3.83. The Bertz CT molecular complexity index is 537. The Morgan fingerprint density at radius 1 is 1.18 bits per heavy atom. The van der Waals surface area contributed by atoms with Gasteiger partial charge in [-0.1, -0.05) is 32.0 Å². The number of benzene rings is 1. The molecule has 120 valence electrons. The highest BCUT2D eigenvalue weighted by atomic mass is 16.5. The van der Waals surface area contributed by atoms with Crippen LogP contribution in [-0.4, -0.2) is 25.0 Å². The Labute approximate surface area is 132 Å². The summed E-state index contributed by atoms with van der Waals surface area (Å²) in [7, 11) is 0. The molecule has 4 nitrogen and oxygen atoms in total. The van der Waals surface area contributed by atoms with Crippen LogP contribution in [0.15, 0.2) is 18.2 Å². The summed E-state index contributed by atoms with van der Waals surface area (Å²) in [6.45, 7) is 4.43. The molecule has 4 heteroatoms. The minimum Gasteiger partial charge on any atom is -0.455 e. The lowest BCUT2D eigenvalue weighted by atomic mass is 9.90. The number of hydrogen-bond acceptors (Lipinski definition) is 3. The average molecular weight is 303 g/mol. The third kappa shape index (κ3) is 5.17. The predicted octanol–water partition coefficient (Wildman–Crippen LogP) is 2.42. The van der Waals surface area contributed by atoms with Crippen molar-refractivity contribution >= 4 is 11.9 Å². The zero-order valence-electron chi connectivity index (χ0n) is 13.5. The molecule has 0 heterocycles. The maximum Gasteiger partial charge on any atom is 0.310 e. The van der Waals surface area contributed by atoms with Crippen LogP contribution in [0.25, 0.3) is 0 Å². The van der Waals surface area contributed by atoms with E-state index in [2.05, 4.69) is 17.4 Å². The summed E-state index contributed by atoms with van der Waals surface area (Å²) in [5.41, 5.74) is 3.72. The first-order valence-electron chi connectivity index (χ1n) is 8.07. The van der Waals surface area contributed by atoms with Gasteiger partial charge in [0.05, 0.1) is 6.42 Å². The van der Waals surface area contributed by atoms with Gasteiger partial charge < -0.3 is 10.1 Å². The van der Waals surface area contributed by atoms with Crippen LogP contribution in [0.3, 0.4) is 0 Å². The Kier molecular flexibility index (Phi) is 5.99. The van der Waals surface area contributed by atoms with Crippen molar-refractivity contribution in [2.24, 2.45) is 5.92 Å². The summed E-state index contributed by atoms with van der Waals surface area (Å²) >= 11 is 0. The molecule has 0 bridgehead atoms. The summed E-state index contributed by atoms with van der Waals surface area (Å²) in [4.78, 5) is 23.3. The standard InChI is InChI=1S/C18H25NO3/c1-13(2)11-19-17(20)12-22-18(21)10-14-7-8-15-5-3-4-6-16(15)9-14/h7-9,13H,3-6,10-12H2,1-2H3,(H,19,20). The van der Waals surface area contributed by atoms with E-state index in [1.165, 1.54) is 24.0 Å². The van der Waals surface area contributed by atoms with E-state index in [-0.39, 0.29) is 24.9 Å². The van der Waals surface area contributed by atoms with Gasteiger partial charge >= 0.3 is 5.97 Å². The number of amides is 1. The minimum absolute atomic E-state index is 0.198. The average Bonchev–Trinajstić information content (AvgIpc) is 2.50. The Morgan fingerprint density at radius 2 is 1.91 bits per heavy atom. The fraction of sp³-hybridized carbons (Fsp3) is 0.556. The van der Waals surface area contributed by atoms with Crippen molar-refractivity contribution in [2.75, 3.05) is 13.2 Å². The molecule has 1 amide bonds. The second kappa shape index (κ2) is 7.97. The van der Waals surface area contributed by atoms with Crippen LogP contribution in [0.5, 0.6) is 0 Å². The van der Waals surface area contributed by atoms with Gasteiger partial charge in [-0.2, -0.15) is 0 Å². The van der Waals surface area contributed by atoms with Crippen molar-refractivity contribution in [1.29, 1.82) is 0 Å². The van der Waals surface area contributed by atoms with Crippen LogP contribution < -0.4 is 5.32 Å². The second-order valence-corrected chi connectivity index (χ2v) is 6.35. The molecule has 1 aliphatic rings. The van der Waals surface area contributed by atoms with Gasteiger partial charge in [-0.25, -0.2) is 0 Å². The van der Waals surface area contributed by atoms with Crippen LogP contribution in [-0.2, 0) is 33.6 Å². The highest BCUT2D eigenvalue weighted by Crippen LogP contribution is 2.22. The van der Waals surface area contributed by atoms with Crippen LogP contribution in [0, 0.1) is 5.92 Å². The van der Waals surface area contributed by atoms with Gasteiger partial charge in [0.15, 0.2) is 6.61 Å². The zero-order valence-corrected chi connectivity index (χ0v) is 13.5. The minimum atomic E-state index is -0.351. The van der Waals surface area contributed by atoms with Crippen molar-refractivity contribution in [3.05, 3.63) is 34.9 Å². The van der Waals surface area contributed by atoms with Crippen LogP contribution in [0.4, 0.5) is 0 Å². The number of fused-ring (bicyclic) bond motifs is 1. The maximum atomic E-state index is 11.8. The maximum absolute atomic E-state index is 11.8. The summed E-state index contributed by atoms with van der Waals surface area (Å²) in [5.74, 6) is -0.210. The number of esters is 1. The number of hydrogen-bond donors (Lipinski definition) is 1. The zero-order chi connectivity index (χ0) is 15.9. The molecule has 22 heavy (non-hydrogen) atoms. The molecule has 0 radical (unpaired) electrons. The molecule has 0 saturated carbocycles. The first-order chi connectivity index (χ1) is 10.5. The van der Waals surface area contributed by atoms with Crippen molar-refractivity contribution in [1.82, 2.24) is 5.32 Å². The molecule has 1 aromatic carbocycles. The van der Waals surface area contributed by atoms with Gasteiger partial charge in [0.2, 0.25) is 0 Å². The third-order valence-electron chi connectivity index (χ3n) is 3.83. The van der Waals surface area contributed by atoms with Crippen molar-refractivity contribution in [2.45, 2.75) is 46.0 Å². The smallest absolute Gasteiger partial charge is 0.310 e. The molecule has 0 fully saturated rings. The molecule has 0 saturated heterocycles. The topological polar surface area (TPSA) is 55.4 Å². The molecular formula is C18H25NO3. The molecule has 0 aromatic heterocycles. The van der Waals surface area contributed by atoms with Crippen LogP contribution in [0.2, 0.25) is 0 Å². The van der Waals surface area contributed by atoms with E-state index >= 15 is 0 Å². The van der Waals surface area contributed by atoms with E-state index in [0.29, 0.717) is 12.5 Å². The van der Waals surface area contributed by atoms with E-state index < -0.39 is 0 Å². The molecule has 2 rings (SSSR count). The molecule has 1 aliphatic carbocycles. The quantitative estimate of drug-likeness (QED) is 0.821. The van der Waals surface area contributed by atoms with Crippen LogP contribution >= 0.6 is 0 Å². The van der Waals surface area contributed by atoms with E-state index in [4.69, 9.17) is 4.74 Å². The largest absolute Gasteiger partial charge is 0.455 e. The molecule has 1 aromatic rings. The fourth-order valence-corrected chi connectivity index (χ4v) is 2.63. The molecular weight excluding hydrogens is 278 g/mol. The van der Waals surface area contributed by atoms with Crippen LogP contribution in [0.1, 0.15) is 43.4 Å². The lowest BCUT2D eigenvalue weighted by molar-refractivity contribution is -0.147. The van der Waals surface area contributed by atoms with E-state index in [1.54, 1.807) is 0 Å². The first-order valence-corrected chi connectivity index (χ1v) is 8.07. The highest BCUT2D eigenvalue weighted by Gasteiger charge is 2.12. The lowest BCUT2D eigenvalue weighted by Crippen LogP contribution is -2.31. The predicted molar refractivity (Wildman–Crippen MR) is 85.6 cm³/mol. The number of ether oxygens (including phenoxy) is 1. The summed E-state index contributed by atoms with van der Waals surface area (Å²) in [6, 6.07) is 6.21. The van der Waals surface area contributed by atoms with Crippen molar-refractivity contribution in [3.8, 4) is 0 Å². The highest BCUT2D eigenvalue weighted by molar-refractivity contribution is 5.81. The number of aryl methyl sites for hydroxylation is 2. The van der Waals surface area contributed by atoms with Gasteiger partial charge in [-0.15, -0.1) is 0 Å². The summed E-state index contributed by atoms with van der Waals surface area (Å²) < 4.78 is 5.03. The normalized spacial score (nSPS) is 13.6.